The molecule has 2 aromatic carbocycles. The molecular weight excluding hydrogens is 333 g/mol. The first-order valence-corrected chi connectivity index (χ1v) is 8.33. The maximum absolute atomic E-state index is 13.2. The molecule has 5 heteroatoms. The van der Waals surface area contributed by atoms with Crippen LogP contribution in [0.25, 0.3) is 0 Å². The predicted octanol–water partition coefficient (Wildman–Crippen LogP) is 3.72. The van der Waals surface area contributed by atoms with Crippen LogP contribution in [0.4, 0.5) is 4.39 Å². The normalized spacial score (nSPS) is 19.3. The molecule has 1 heterocycles. The number of halogens is 1. The van der Waals surface area contributed by atoms with Gasteiger partial charge in [0, 0.05) is 11.8 Å². The summed E-state index contributed by atoms with van der Waals surface area (Å²) in [6.07, 6.45) is 5.00. The molecule has 0 aliphatic carbocycles. The number of nitrogens with zero attached hydrogens (tertiary/aromatic N) is 1. The van der Waals surface area contributed by atoms with Gasteiger partial charge in [-0.25, -0.2) is 4.39 Å². The summed E-state index contributed by atoms with van der Waals surface area (Å²) in [5.74, 6) is -2.78. The number of hydrogen-bond donors (Lipinski definition) is 0. The van der Waals surface area contributed by atoms with E-state index in [0.717, 1.165) is 0 Å². The molecule has 3 rings (SSSR count). The monoisotopic (exact) mass is 351 g/mol. The first-order valence-electron chi connectivity index (χ1n) is 8.33. The number of carbonyl (C=O) groups is 2. The summed E-state index contributed by atoms with van der Waals surface area (Å²) < 4.78 is 18.4. The van der Waals surface area contributed by atoms with Crippen LogP contribution >= 0.6 is 0 Å². The second kappa shape index (κ2) is 7.44. The lowest BCUT2D eigenvalue weighted by Crippen LogP contribution is -2.42. The van der Waals surface area contributed by atoms with E-state index in [1.165, 1.54) is 24.3 Å². The van der Waals surface area contributed by atoms with Gasteiger partial charge in [0.1, 0.15) is 11.4 Å². The molecule has 1 aliphatic heterocycles. The number of carbonyl (C=O) groups excluding carboxylic acids is 2. The maximum atomic E-state index is 13.2. The van der Waals surface area contributed by atoms with Crippen molar-refractivity contribution in [3.63, 3.8) is 0 Å². The third kappa shape index (κ3) is 3.20. The molecule has 2 unspecified atom stereocenters. The van der Waals surface area contributed by atoms with Gasteiger partial charge in [0.15, 0.2) is 11.7 Å². The van der Waals surface area contributed by atoms with Crippen molar-refractivity contribution in [3.8, 4) is 0 Å². The highest BCUT2D eigenvalue weighted by atomic mass is 19.1. The van der Waals surface area contributed by atoms with Crippen molar-refractivity contribution in [3.05, 3.63) is 83.7 Å². The fraction of sp³-hybridized carbons (Fsp3) is 0.190. The second-order valence-corrected chi connectivity index (χ2v) is 5.88. The summed E-state index contributed by atoms with van der Waals surface area (Å²) in [5, 5.41) is 0. The minimum atomic E-state index is -1.20. The number of ether oxygens (including phenoxy) is 1. The second-order valence-electron chi connectivity index (χ2n) is 5.88. The van der Waals surface area contributed by atoms with Crippen LogP contribution in [0.2, 0.25) is 0 Å². The van der Waals surface area contributed by atoms with E-state index >= 15 is 0 Å². The standard InChI is InChI=1S/C21H18FNO3/c1-2-26-20(25)18(19(24)15-9-11-17(22)12-10-15)21(13-6-14-23-21)16-7-4-3-5-8-16/h3-14,18H,2H2,1H3. The fourth-order valence-corrected chi connectivity index (χ4v) is 3.11. The fourth-order valence-electron chi connectivity index (χ4n) is 3.11. The third-order valence-corrected chi connectivity index (χ3v) is 4.31. The molecule has 2 atom stereocenters. The minimum absolute atomic E-state index is 0.143. The van der Waals surface area contributed by atoms with Gasteiger partial charge in [-0.2, -0.15) is 0 Å². The first kappa shape index (κ1) is 17.7. The van der Waals surface area contributed by atoms with Crippen LogP contribution in [0.1, 0.15) is 22.8 Å². The van der Waals surface area contributed by atoms with Crippen LogP contribution in [0.3, 0.4) is 0 Å². The smallest absolute Gasteiger partial charge is 0.320 e. The van der Waals surface area contributed by atoms with Crippen LogP contribution in [0.15, 0.2) is 71.7 Å². The number of hydrogen-bond acceptors (Lipinski definition) is 4. The van der Waals surface area contributed by atoms with E-state index in [0.29, 0.717) is 5.56 Å². The molecule has 0 fully saturated rings. The quantitative estimate of drug-likeness (QED) is 0.453. The third-order valence-electron chi connectivity index (χ3n) is 4.31. The van der Waals surface area contributed by atoms with Crippen LogP contribution in [0, 0.1) is 11.7 Å². The van der Waals surface area contributed by atoms with Gasteiger partial charge >= 0.3 is 5.97 Å². The Kier molecular flexibility index (Phi) is 5.07. The van der Waals surface area contributed by atoms with E-state index in [1.54, 1.807) is 25.3 Å². The zero-order chi connectivity index (χ0) is 18.6. The average molecular weight is 351 g/mol. The number of Topliss-reactive ketones (excluding diaryl/α,β-unsaturated/α-hetero) is 1. The average Bonchev–Trinajstić information content (AvgIpc) is 3.14. The van der Waals surface area contributed by atoms with E-state index in [-0.39, 0.29) is 12.2 Å². The lowest BCUT2D eigenvalue weighted by Gasteiger charge is -2.31. The zero-order valence-electron chi connectivity index (χ0n) is 14.3. The number of esters is 1. The number of allylic oxidation sites excluding steroid dienone is 1. The van der Waals surface area contributed by atoms with Crippen molar-refractivity contribution in [1.29, 1.82) is 0 Å². The minimum Gasteiger partial charge on any atom is -0.465 e. The molecule has 4 nitrogen and oxygen atoms in total. The van der Waals surface area contributed by atoms with Gasteiger partial charge in [-0.05, 0) is 48.9 Å². The Labute approximate surface area is 151 Å². The molecule has 132 valence electrons. The summed E-state index contributed by atoms with van der Waals surface area (Å²) in [7, 11) is 0. The van der Waals surface area contributed by atoms with Gasteiger partial charge in [-0.1, -0.05) is 30.3 Å². The van der Waals surface area contributed by atoms with Crippen molar-refractivity contribution in [2.24, 2.45) is 10.9 Å². The van der Waals surface area contributed by atoms with E-state index in [9.17, 15) is 14.0 Å². The highest BCUT2D eigenvalue weighted by Gasteiger charge is 2.49. The first-order chi connectivity index (χ1) is 12.6. The molecule has 0 saturated heterocycles. The van der Waals surface area contributed by atoms with Crippen molar-refractivity contribution in [2.75, 3.05) is 6.61 Å². The highest BCUT2D eigenvalue weighted by Crippen LogP contribution is 2.40. The molecule has 0 N–H and O–H groups in total. The van der Waals surface area contributed by atoms with Gasteiger partial charge in [0.2, 0.25) is 0 Å². The molecular formula is C21H18FNO3. The van der Waals surface area contributed by atoms with E-state index in [2.05, 4.69) is 4.99 Å². The van der Waals surface area contributed by atoms with Gasteiger partial charge in [-0.3, -0.25) is 14.6 Å². The van der Waals surface area contributed by atoms with Crippen molar-refractivity contribution >= 4 is 18.0 Å². The molecule has 1 aliphatic rings. The van der Waals surface area contributed by atoms with Crippen LogP contribution < -0.4 is 0 Å². The largest absolute Gasteiger partial charge is 0.465 e. The van der Waals surface area contributed by atoms with Crippen molar-refractivity contribution in [2.45, 2.75) is 12.5 Å². The Balaban J connectivity index is 2.12. The Morgan fingerprint density at radius 1 is 1.12 bits per heavy atom. The van der Waals surface area contributed by atoms with Crippen LogP contribution in [-0.2, 0) is 15.1 Å². The SMILES string of the molecule is CCOC(=O)C(C(=O)c1ccc(F)cc1)C1(c2ccccc2)C=CC=N1. The summed E-state index contributed by atoms with van der Waals surface area (Å²) in [6.45, 7) is 1.82. The van der Waals surface area contributed by atoms with Gasteiger partial charge < -0.3 is 4.74 Å². The Morgan fingerprint density at radius 2 is 1.81 bits per heavy atom. The molecule has 26 heavy (non-hydrogen) atoms. The molecule has 0 aromatic heterocycles. The topological polar surface area (TPSA) is 55.7 Å². The molecule has 0 bridgehead atoms. The van der Waals surface area contributed by atoms with E-state index < -0.39 is 29.0 Å². The molecule has 0 spiro atoms. The number of aliphatic imine (C=N–C) groups is 1. The lowest BCUT2D eigenvalue weighted by molar-refractivity contribution is -0.147. The summed E-state index contributed by atoms with van der Waals surface area (Å²) in [6, 6.07) is 14.2. The number of benzene rings is 2. The van der Waals surface area contributed by atoms with Crippen LogP contribution in [-0.4, -0.2) is 24.6 Å². The van der Waals surface area contributed by atoms with Crippen molar-refractivity contribution in [1.82, 2.24) is 0 Å². The van der Waals surface area contributed by atoms with E-state index in [4.69, 9.17) is 4.74 Å². The Bertz CT molecular complexity index is 845. The Morgan fingerprint density at radius 3 is 2.38 bits per heavy atom. The molecule has 0 radical (unpaired) electrons. The van der Waals surface area contributed by atoms with E-state index in [1.807, 2.05) is 30.3 Å². The van der Waals surface area contributed by atoms with Gasteiger partial charge in [0.05, 0.1) is 6.61 Å². The highest BCUT2D eigenvalue weighted by molar-refractivity contribution is 6.10. The molecule has 2 aromatic rings. The summed E-state index contributed by atoms with van der Waals surface area (Å²) in [5.41, 5.74) is -0.243. The zero-order valence-corrected chi connectivity index (χ0v) is 14.3. The molecule has 0 amide bonds. The van der Waals surface area contributed by atoms with Crippen LogP contribution in [0.5, 0.6) is 0 Å². The number of rotatable bonds is 6. The van der Waals surface area contributed by atoms with Gasteiger partial charge in [0.25, 0.3) is 0 Å². The summed E-state index contributed by atoms with van der Waals surface area (Å²) in [4.78, 5) is 30.4. The number of ketones is 1. The summed E-state index contributed by atoms with van der Waals surface area (Å²) >= 11 is 0. The predicted molar refractivity (Wildman–Crippen MR) is 96.6 cm³/mol. The maximum Gasteiger partial charge on any atom is 0.320 e. The molecule has 0 saturated carbocycles. The van der Waals surface area contributed by atoms with Crippen molar-refractivity contribution < 1.29 is 18.7 Å². The lowest BCUT2D eigenvalue weighted by atomic mass is 9.75. The van der Waals surface area contributed by atoms with Gasteiger partial charge in [-0.15, -0.1) is 0 Å². The Hall–Kier alpha value is -3.08.